The van der Waals surface area contributed by atoms with Crippen LogP contribution in [0, 0.1) is 13.8 Å². The lowest BCUT2D eigenvalue weighted by atomic mass is 9.96. The second kappa shape index (κ2) is 9.70. The van der Waals surface area contributed by atoms with Crippen molar-refractivity contribution >= 4 is 40.9 Å². The molecule has 0 spiro atoms. The average Bonchev–Trinajstić information content (AvgIpc) is 2.81. The molecule has 34 heavy (non-hydrogen) atoms. The van der Waals surface area contributed by atoms with Crippen LogP contribution in [0.1, 0.15) is 29.2 Å². The van der Waals surface area contributed by atoms with Crippen molar-refractivity contribution in [3.63, 3.8) is 0 Å². The van der Waals surface area contributed by atoms with E-state index in [0.29, 0.717) is 29.9 Å². The molecule has 1 aliphatic rings. The molecule has 0 bridgehead atoms. The number of aromatic nitrogens is 3. The minimum atomic E-state index is -0.330. The largest absolute Gasteiger partial charge is 0.338 e. The molecule has 2 aromatic heterocycles. The van der Waals surface area contributed by atoms with Crippen LogP contribution in [0.15, 0.2) is 49.2 Å². The zero-order chi connectivity index (χ0) is 24.2. The summed E-state index contributed by atoms with van der Waals surface area (Å²) in [6.45, 7) is 10.3. The van der Waals surface area contributed by atoms with Crippen LogP contribution in [-0.4, -0.2) is 38.2 Å². The van der Waals surface area contributed by atoms with Crippen LogP contribution in [0.5, 0.6) is 0 Å². The van der Waals surface area contributed by atoms with Crippen LogP contribution in [0.25, 0.3) is 0 Å². The molecular formula is C25H27N7O2. The molecular weight excluding hydrogens is 430 g/mol. The smallest absolute Gasteiger partial charge is 0.248 e. The van der Waals surface area contributed by atoms with Gasteiger partial charge in [0.2, 0.25) is 17.8 Å². The van der Waals surface area contributed by atoms with Gasteiger partial charge >= 0.3 is 0 Å². The third-order valence-electron chi connectivity index (χ3n) is 5.65. The molecule has 3 heterocycles. The first-order valence-electron chi connectivity index (χ1n) is 11.0. The molecule has 1 aromatic carbocycles. The number of nitrogens with zero attached hydrogens (tertiary/aromatic N) is 4. The fourth-order valence-corrected chi connectivity index (χ4v) is 3.76. The van der Waals surface area contributed by atoms with Crippen LogP contribution >= 0.6 is 0 Å². The topological polar surface area (TPSA) is 112 Å². The van der Waals surface area contributed by atoms with Gasteiger partial charge < -0.3 is 20.9 Å². The summed E-state index contributed by atoms with van der Waals surface area (Å²) < 4.78 is 0. The standard InChI is InChI=1S/C25H27N7O2/c1-5-23(34)29-21-7-6-8-22(28-21)30-24-16(3)13-26-25(31-24)27-20-12-18-9-10-32(17(4)33)14-19(18)11-15(20)2/h5-8,11-13H,1,9-10,14H2,2-4H3,(H3,26,27,28,29,30,31,34). The molecule has 174 valence electrons. The van der Waals surface area contributed by atoms with E-state index in [2.05, 4.69) is 49.6 Å². The van der Waals surface area contributed by atoms with Crippen molar-refractivity contribution in [2.24, 2.45) is 0 Å². The highest BCUT2D eigenvalue weighted by Gasteiger charge is 2.19. The van der Waals surface area contributed by atoms with Gasteiger partial charge in [-0.1, -0.05) is 18.7 Å². The van der Waals surface area contributed by atoms with Gasteiger partial charge in [-0.05, 0) is 61.2 Å². The maximum absolute atomic E-state index is 11.7. The fraction of sp³-hybridized carbons (Fsp3) is 0.240. The molecule has 1 aliphatic heterocycles. The van der Waals surface area contributed by atoms with Gasteiger partial charge in [0.05, 0.1) is 0 Å². The molecule has 0 radical (unpaired) electrons. The van der Waals surface area contributed by atoms with Crippen LogP contribution in [0.4, 0.5) is 29.1 Å². The van der Waals surface area contributed by atoms with Gasteiger partial charge in [0.25, 0.3) is 0 Å². The van der Waals surface area contributed by atoms with Crippen LogP contribution in [-0.2, 0) is 22.6 Å². The number of nitrogens with one attached hydrogen (secondary N) is 3. The minimum absolute atomic E-state index is 0.0988. The Labute approximate surface area is 198 Å². The van der Waals surface area contributed by atoms with Gasteiger partial charge in [-0.2, -0.15) is 4.98 Å². The van der Waals surface area contributed by atoms with Crippen molar-refractivity contribution in [2.45, 2.75) is 33.7 Å². The van der Waals surface area contributed by atoms with E-state index in [1.54, 1.807) is 31.3 Å². The summed E-state index contributed by atoms with van der Waals surface area (Å²) in [5.74, 6) is 1.77. The second-order valence-electron chi connectivity index (χ2n) is 8.20. The predicted octanol–water partition coefficient (Wildman–Crippen LogP) is 4.00. The summed E-state index contributed by atoms with van der Waals surface area (Å²) in [4.78, 5) is 38.6. The monoisotopic (exact) mass is 457 g/mol. The van der Waals surface area contributed by atoms with Crippen molar-refractivity contribution < 1.29 is 9.59 Å². The van der Waals surface area contributed by atoms with Crippen molar-refractivity contribution in [1.82, 2.24) is 19.9 Å². The Morgan fingerprint density at radius 1 is 1.06 bits per heavy atom. The summed E-state index contributed by atoms with van der Waals surface area (Å²) in [6, 6.07) is 9.50. The average molecular weight is 458 g/mol. The lowest BCUT2D eigenvalue weighted by Crippen LogP contribution is -2.34. The second-order valence-corrected chi connectivity index (χ2v) is 8.20. The Kier molecular flexibility index (Phi) is 6.53. The molecule has 2 amide bonds. The summed E-state index contributed by atoms with van der Waals surface area (Å²) in [6.07, 6.45) is 3.74. The van der Waals surface area contributed by atoms with Crippen LogP contribution in [0.2, 0.25) is 0 Å². The molecule has 0 aliphatic carbocycles. The van der Waals surface area contributed by atoms with Crippen molar-refractivity contribution in [3.8, 4) is 0 Å². The third kappa shape index (κ3) is 5.20. The van der Waals surface area contributed by atoms with Crippen LogP contribution in [0.3, 0.4) is 0 Å². The first kappa shape index (κ1) is 22.9. The number of aryl methyl sites for hydroxylation is 2. The van der Waals surface area contributed by atoms with Gasteiger partial charge in [-0.3, -0.25) is 9.59 Å². The summed E-state index contributed by atoms with van der Waals surface area (Å²) in [5.41, 5.74) is 5.22. The van der Waals surface area contributed by atoms with Gasteiger partial charge in [-0.25, -0.2) is 9.97 Å². The molecule has 0 saturated carbocycles. The zero-order valence-corrected chi connectivity index (χ0v) is 19.5. The molecule has 3 aromatic rings. The van der Waals surface area contributed by atoms with Gasteiger partial charge in [-0.15, -0.1) is 0 Å². The third-order valence-corrected chi connectivity index (χ3v) is 5.65. The highest BCUT2D eigenvalue weighted by atomic mass is 16.2. The summed E-state index contributed by atoms with van der Waals surface area (Å²) >= 11 is 0. The molecule has 0 saturated heterocycles. The Balaban J connectivity index is 1.53. The van der Waals surface area contributed by atoms with E-state index in [9.17, 15) is 9.59 Å². The minimum Gasteiger partial charge on any atom is -0.338 e. The maximum Gasteiger partial charge on any atom is 0.248 e. The SMILES string of the molecule is C=CC(=O)Nc1cccc(Nc2nc(Nc3cc4c(cc3C)CN(C(C)=O)CC4)ncc2C)n1. The quantitative estimate of drug-likeness (QED) is 0.480. The predicted molar refractivity (Wildman–Crippen MR) is 132 cm³/mol. The Hall–Kier alpha value is -4.27. The molecule has 0 unspecified atom stereocenters. The zero-order valence-electron chi connectivity index (χ0n) is 19.5. The van der Waals surface area contributed by atoms with E-state index in [1.165, 1.54) is 17.2 Å². The van der Waals surface area contributed by atoms with Crippen molar-refractivity contribution in [2.75, 3.05) is 22.5 Å². The molecule has 9 heteroatoms. The number of rotatable bonds is 6. The fourth-order valence-electron chi connectivity index (χ4n) is 3.76. The molecule has 3 N–H and O–H groups in total. The molecule has 4 rings (SSSR count). The van der Waals surface area contributed by atoms with Gasteiger partial charge in [0.1, 0.15) is 17.5 Å². The van der Waals surface area contributed by atoms with E-state index in [1.807, 2.05) is 18.7 Å². The van der Waals surface area contributed by atoms with E-state index in [-0.39, 0.29) is 11.8 Å². The maximum atomic E-state index is 11.7. The molecule has 9 nitrogen and oxygen atoms in total. The van der Waals surface area contributed by atoms with Crippen molar-refractivity contribution in [3.05, 3.63) is 71.4 Å². The number of benzene rings is 1. The number of hydrogen-bond donors (Lipinski definition) is 3. The Bertz CT molecular complexity index is 1270. The highest BCUT2D eigenvalue weighted by Crippen LogP contribution is 2.28. The lowest BCUT2D eigenvalue weighted by molar-refractivity contribution is -0.129. The number of carbonyl (C=O) groups excluding carboxylic acids is 2. The summed E-state index contributed by atoms with van der Waals surface area (Å²) in [5, 5.41) is 9.16. The Morgan fingerprint density at radius 2 is 1.85 bits per heavy atom. The Morgan fingerprint density at radius 3 is 2.62 bits per heavy atom. The number of pyridine rings is 1. The van der Waals surface area contributed by atoms with E-state index < -0.39 is 0 Å². The number of hydrogen-bond acceptors (Lipinski definition) is 7. The van der Waals surface area contributed by atoms with Gasteiger partial charge in [0, 0.05) is 37.5 Å². The van der Waals surface area contributed by atoms with E-state index in [0.717, 1.165) is 29.8 Å². The van der Waals surface area contributed by atoms with Crippen molar-refractivity contribution in [1.29, 1.82) is 0 Å². The number of fused-ring (bicyclic) bond motifs is 1. The number of anilines is 5. The molecule has 0 fully saturated rings. The van der Waals surface area contributed by atoms with E-state index in [4.69, 9.17) is 0 Å². The molecule has 0 atom stereocenters. The summed E-state index contributed by atoms with van der Waals surface area (Å²) in [7, 11) is 0. The highest BCUT2D eigenvalue weighted by molar-refractivity contribution is 5.98. The van der Waals surface area contributed by atoms with Crippen LogP contribution < -0.4 is 16.0 Å². The first-order valence-corrected chi connectivity index (χ1v) is 11.0. The normalized spacial score (nSPS) is 12.5. The number of carbonyl (C=O) groups is 2. The van der Waals surface area contributed by atoms with Gasteiger partial charge in [0.15, 0.2) is 0 Å². The van der Waals surface area contributed by atoms with E-state index >= 15 is 0 Å². The first-order chi connectivity index (χ1) is 16.3. The lowest BCUT2D eigenvalue weighted by Gasteiger charge is -2.29. The number of amides is 2.